The first-order valence-electron chi connectivity index (χ1n) is 7.56. The van der Waals surface area contributed by atoms with Gasteiger partial charge in [-0.25, -0.2) is 0 Å². The summed E-state index contributed by atoms with van der Waals surface area (Å²) in [5.41, 5.74) is 0.607. The summed E-state index contributed by atoms with van der Waals surface area (Å²) in [6.45, 7) is 5.70. The van der Waals surface area contributed by atoms with Gasteiger partial charge in [0.25, 0.3) is 0 Å². The van der Waals surface area contributed by atoms with Crippen molar-refractivity contribution in [1.29, 1.82) is 0 Å². The van der Waals surface area contributed by atoms with E-state index in [1.807, 2.05) is 18.2 Å². The van der Waals surface area contributed by atoms with Crippen LogP contribution in [0.2, 0.25) is 0 Å². The first-order chi connectivity index (χ1) is 10.3. The highest BCUT2D eigenvalue weighted by molar-refractivity contribution is 6.02. The molecule has 0 spiro atoms. The molecule has 5 heteroatoms. The molecular formula is C16H21NO4. The summed E-state index contributed by atoms with van der Waals surface area (Å²) >= 11 is 0. The molecule has 0 aliphatic carbocycles. The van der Waals surface area contributed by atoms with E-state index in [4.69, 9.17) is 14.2 Å². The SMILES string of the molecule is O=C1CCOc2cccc(OCCCN3CCOCC3)c21. The van der Waals surface area contributed by atoms with E-state index in [1.165, 1.54) is 0 Å². The van der Waals surface area contributed by atoms with Crippen molar-refractivity contribution in [3.63, 3.8) is 0 Å². The first kappa shape index (κ1) is 14.4. The lowest BCUT2D eigenvalue weighted by Gasteiger charge is -2.26. The molecule has 114 valence electrons. The Hall–Kier alpha value is -1.59. The van der Waals surface area contributed by atoms with Gasteiger partial charge in [-0.2, -0.15) is 0 Å². The standard InChI is InChI=1S/C16H21NO4/c18-13-5-10-21-15-4-1-3-14(16(13)15)20-9-2-6-17-7-11-19-12-8-17/h1,3-4H,2,5-12H2. The second kappa shape index (κ2) is 6.91. The van der Waals surface area contributed by atoms with Gasteiger partial charge in [-0.05, 0) is 18.6 Å². The Kier molecular flexibility index (Phi) is 4.72. The van der Waals surface area contributed by atoms with Crippen molar-refractivity contribution in [2.75, 3.05) is 46.1 Å². The highest BCUT2D eigenvalue weighted by Gasteiger charge is 2.22. The number of carbonyl (C=O) groups is 1. The van der Waals surface area contributed by atoms with Gasteiger partial charge in [0.05, 0.1) is 26.4 Å². The molecule has 0 atom stereocenters. The maximum Gasteiger partial charge on any atom is 0.173 e. The van der Waals surface area contributed by atoms with Gasteiger partial charge in [-0.3, -0.25) is 9.69 Å². The van der Waals surface area contributed by atoms with Crippen LogP contribution in [0.25, 0.3) is 0 Å². The zero-order valence-corrected chi connectivity index (χ0v) is 12.2. The number of Topliss-reactive ketones (excluding diaryl/α,β-unsaturated/α-hetero) is 1. The van der Waals surface area contributed by atoms with Crippen molar-refractivity contribution in [2.24, 2.45) is 0 Å². The number of fused-ring (bicyclic) bond motifs is 1. The van der Waals surface area contributed by atoms with E-state index in [2.05, 4.69) is 4.90 Å². The molecule has 3 rings (SSSR count). The van der Waals surface area contributed by atoms with E-state index in [0.29, 0.717) is 36.7 Å². The van der Waals surface area contributed by atoms with Crippen molar-refractivity contribution in [2.45, 2.75) is 12.8 Å². The summed E-state index contributed by atoms with van der Waals surface area (Å²) in [5.74, 6) is 1.41. The Morgan fingerprint density at radius 2 is 2.05 bits per heavy atom. The number of hydrogen-bond donors (Lipinski definition) is 0. The van der Waals surface area contributed by atoms with Gasteiger partial charge in [-0.1, -0.05) is 6.07 Å². The molecule has 5 nitrogen and oxygen atoms in total. The Morgan fingerprint density at radius 3 is 2.90 bits per heavy atom. The van der Waals surface area contributed by atoms with Gasteiger partial charge in [0, 0.05) is 26.1 Å². The van der Waals surface area contributed by atoms with Crippen LogP contribution in [0.1, 0.15) is 23.2 Å². The molecule has 1 aromatic carbocycles. The Morgan fingerprint density at radius 1 is 1.19 bits per heavy atom. The number of ether oxygens (including phenoxy) is 3. The molecule has 0 amide bonds. The van der Waals surface area contributed by atoms with E-state index in [1.54, 1.807) is 0 Å². The van der Waals surface area contributed by atoms with Crippen LogP contribution in [-0.2, 0) is 4.74 Å². The van der Waals surface area contributed by atoms with Gasteiger partial charge < -0.3 is 14.2 Å². The first-order valence-corrected chi connectivity index (χ1v) is 7.56. The third-order valence-electron chi connectivity index (χ3n) is 3.83. The predicted octanol–water partition coefficient (Wildman–Crippen LogP) is 1.75. The second-order valence-corrected chi connectivity index (χ2v) is 5.31. The summed E-state index contributed by atoms with van der Waals surface area (Å²) in [7, 11) is 0. The summed E-state index contributed by atoms with van der Waals surface area (Å²) in [5, 5.41) is 0. The summed E-state index contributed by atoms with van der Waals surface area (Å²) in [4.78, 5) is 14.4. The van der Waals surface area contributed by atoms with E-state index < -0.39 is 0 Å². The van der Waals surface area contributed by atoms with Gasteiger partial charge in [0.1, 0.15) is 17.1 Å². The number of carbonyl (C=O) groups excluding carboxylic acids is 1. The largest absolute Gasteiger partial charge is 0.493 e. The molecule has 2 aliphatic heterocycles. The molecule has 0 N–H and O–H groups in total. The van der Waals surface area contributed by atoms with Crippen LogP contribution in [0, 0.1) is 0 Å². The third-order valence-corrected chi connectivity index (χ3v) is 3.83. The van der Waals surface area contributed by atoms with Gasteiger partial charge in [0.15, 0.2) is 5.78 Å². The normalized spacial score (nSPS) is 19.0. The van der Waals surface area contributed by atoms with Crippen molar-refractivity contribution in [1.82, 2.24) is 4.90 Å². The molecule has 1 saturated heterocycles. The summed E-state index contributed by atoms with van der Waals surface area (Å²) in [6, 6.07) is 5.54. The van der Waals surface area contributed by atoms with Gasteiger partial charge >= 0.3 is 0 Å². The van der Waals surface area contributed by atoms with Crippen LogP contribution in [0.15, 0.2) is 18.2 Å². The van der Waals surface area contributed by atoms with Crippen LogP contribution in [0.5, 0.6) is 11.5 Å². The molecule has 2 aliphatic rings. The lowest BCUT2D eigenvalue weighted by molar-refractivity contribution is 0.0357. The van der Waals surface area contributed by atoms with Crippen molar-refractivity contribution in [3.05, 3.63) is 23.8 Å². The van der Waals surface area contributed by atoms with Crippen LogP contribution in [-0.4, -0.2) is 56.7 Å². The number of hydrogen-bond acceptors (Lipinski definition) is 5. The minimum Gasteiger partial charge on any atom is -0.493 e. The maximum absolute atomic E-state index is 12.0. The number of nitrogens with zero attached hydrogens (tertiary/aromatic N) is 1. The summed E-state index contributed by atoms with van der Waals surface area (Å²) < 4.78 is 16.6. The third kappa shape index (κ3) is 3.54. The lowest BCUT2D eigenvalue weighted by Crippen LogP contribution is -2.37. The molecule has 0 bridgehead atoms. The number of morpholine rings is 1. The molecular weight excluding hydrogens is 270 g/mol. The van der Waals surface area contributed by atoms with Crippen molar-refractivity contribution < 1.29 is 19.0 Å². The number of rotatable bonds is 5. The Labute approximate surface area is 124 Å². The van der Waals surface area contributed by atoms with E-state index in [9.17, 15) is 4.79 Å². The molecule has 0 radical (unpaired) electrons. The quantitative estimate of drug-likeness (QED) is 0.774. The van der Waals surface area contributed by atoms with Crippen LogP contribution >= 0.6 is 0 Å². The molecule has 21 heavy (non-hydrogen) atoms. The fraction of sp³-hybridized carbons (Fsp3) is 0.562. The van der Waals surface area contributed by atoms with Crippen LogP contribution < -0.4 is 9.47 Å². The van der Waals surface area contributed by atoms with Crippen molar-refractivity contribution in [3.8, 4) is 11.5 Å². The lowest BCUT2D eigenvalue weighted by atomic mass is 10.0. The minimum absolute atomic E-state index is 0.111. The topological polar surface area (TPSA) is 48.0 Å². The molecule has 0 saturated carbocycles. The molecule has 2 heterocycles. The Balaban J connectivity index is 1.52. The smallest absolute Gasteiger partial charge is 0.173 e. The van der Waals surface area contributed by atoms with Crippen LogP contribution in [0.3, 0.4) is 0 Å². The Bertz CT molecular complexity index is 497. The zero-order chi connectivity index (χ0) is 14.5. The van der Waals surface area contributed by atoms with E-state index >= 15 is 0 Å². The average molecular weight is 291 g/mol. The monoisotopic (exact) mass is 291 g/mol. The zero-order valence-electron chi connectivity index (χ0n) is 12.2. The summed E-state index contributed by atoms with van der Waals surface area (Å²) in [6.07, 6.45) is 1.37. The minimum atomic E-state index is 0.111. The van der Waals surface area contributed by atoms with Gasteiger partial charge in [0.2, 0.25) is 0 Å². The maximum atomic E-state index is 12.0. The van der Waals surface area contributed by atoms with Gasteiger partial charge in [-0.15, -0.1) is 0 Å². The highest BCUT2D eigenvalue weighted by Crippen LogP contribution is 2.32. The molecule has 0 aromatic heterocycles. The average Bonchev–Trinajstić information content (AvgIpc) is 2.53. The molecule has 1 aromatic rings. The fourth-order valence-corrected chi connectivity index (χ4v) is 2.70. The number of ketones is 1. The number of benzene rings is 1. The molecule has 0 unspecified atom stereocenters. The van der Waals surface area contributed by atoms with E-state index in [-0.39, 0.29) is 5.78 Å². The predicted molar refractivity (Wildman–Crippen MR) is 78.3 cm³/mol. The molecule has 1 fully saturated rings. The highest BCUT2D eigenvalue weighted by atomic mass is 16.5. The fourth-order valence-electron chi connectivity index (χ4n) is 2.70. The second-order valence-electron chi connectivity index (χ2n) is 5.31. The van der Waals surface area contributed by atoms with E-state index in [0.717, 1.165) is 39.3 Å². The van der Waals surface area contributed by atoms with Crippen molar-refractivity contribution >= 4 is 5.78 Å². The van der Waals surface area contributed by atoms with Crippen LogP contribution in [0.4, 0.5) is 0 Å².